The second kappa shape index (κ2) is 12.1. The number of carbonyl (C=O) groups is 3. The molecule has 0 bridgehead atoms. The zero-order chi connectivity index (χ0) is 27.9. The van der Waals surface area contributed by atoms with E-state index < -0.39 is 16.7 Å². The number of furan rings is 1. The number of nitrogens with one attached hydrogen (secondary N) is 2. The third kappa shape index (κ3) is 6.51. The van der Waals surface area contributed by atoms with Gasteiger partial charge in [-0.25, -0.2) is 0 Å². The number of hydrogen-bond donors (Lipinski definition) is 2. The van der Waals surface area contributed by atoms with E-state index in [9.17, 15) is 24.5 Å². The number of rotatable bonds is 9. The first-order chi connectivity index (χ1) is 18.8. The highest BCUT2D eigenvalue weighted by atomic mass is 16.6. The van der Waals surface area contributed by atoms with E-state index in [1.165, 1.54) is 32.6 Å². The summed E-state index contributed by atoms with van der Waals surface area (Å²) in [6.07, 6.45) is 1.44. The average molecular weight is 538 g/mol. The highest BCUT2D eigenvalue weighted by molar-refractivity contribution is 6.11. The first kappa shape index (κ1) is 27.1. The van der Waals surface area contributed by atoms with Crippen molar-refractivity contribution in [3.05, 3.63) is 76.2 Å². The zero-order valence-electron chi connectivity index (χ0n) is 21.3. The van der Waals surface area contributed by atoms with Crippen molar-refractivity contribution in [2.24, 2.45) is 0 Å². The number of nitro benzene ring substituents is 1. The zero-order valence-corrected chi connectivity index (χ0v) is 21.3. The van der Waals surface area contributed by atoms with Gasteiger partial charge in [0.1, 0.15) is 11.5 Å². The van der Waals surface area contributed by atoms with E-state index in [1.807, 2.05) is 4.90 Å². The summed E-state index contributed by atoms with van der Waals surface area (Å²) in [5.74, 6) is -0.201. The molecule has 0 saturated carbocycles. The molecule has 2 N–H and O–H groups in total. The molecule has 0 unspecified atom stereocenters. The van der Waals surface area contributed by atoms with Gasteiger partial charge in [-0.2, -0.15) is 0 Å². The topological polar surface area (TPSA) is 156 Å². The number of benzene rings is 2. The third-order valence-electron chi connectivity index (χ3n) is 6.15. The summed E-state index contributed by atoms with van der Waals surface area (Å²) in [5.41, 5.74) is 0.0257. The van der Waals surface area contributed by atoms with E-state index in [0.717, 1.165) is 6.07 Å². The first-order valence-corrected chi connectivity index (χ1v) is 12.0. The van der Waals surface area contributed by atoms with Crippen molar-refractivity contribution >= 4 is 34.8 Å². The van der Waals surface area contributed by atoms with E-state index in [-0.39, 0.29) is 35.2 Å². The predicted octanol–water partition coefficient (Wildman–Crippen LogP) is 2.85. The number of hydrogen-bond acceptors (Lipinski definition) is 9. The maximum atomic E-state index is 13.2. The van der Waals surface area contributed by atoms with Crippen LogP contribution in [-0.4, -0.2) is 79.4 Å². The molecule has 1 aromatic heterocycles. The molecular formula is C26H27N5O8. The molecule has 1 saturated heterocycles. The van der Waals surface area contributed by atoms with Gasteiger partial charge >= 0.3 is 0 Å². The van der Waals surface area contributed by atoms with Crippen LogP contribution in [0.3, 0.4) is 0 Å². The molecule has 2 heterocycles. The van der Waals surface area contributed by atoms with Crippen LogP contribution in [0.1, 0.15) is 20.9 Å². The fraction of sp³-hybridized carbons (Fsp3) is 0.269. The van der Waals surface area contributed by atoms with Crippen LogP contribution >= 0.6 is 0 Å². The number of carbonyl (C=O) groups excluding carboxylic acids is 3. The van der Waals surface area contributed by atoms with E-state index >= 15 is 0 Å². The summed E-state index contributed by atoms with van der Waals surface area (Å²) in [6.45, 7) is 1.77. The molecule has 4 rings (SSSR count). The van der Waals surface area contributed by atoms with Gasteiger partial charge in [0.15, 0.2) is 5.76 Å². The maximum Gasteiger partial charge on any atom is 0.289 e. The number of nitro groups is 1. The lowest BCUT2D eigenvalue weighted by molar-refractivity contribution is -0.384. The Morgan fingerprint density at radius 2 is 1.72 bits per heavy atom. The summed E-state index contributed by atoms with van der Waals surface area (Å²) >= 11 is 0. The van der Waals surface area contributed by atoms with Crippen LogP contribution in [0.4, 0.5) is 17.1 Å². The fourth-order valence-electron chi connectivity index (χ4n) is 4.09. The Labute approximate surface area is 223 Å². The number of anilines is 2. The molecule has 1 aliphatic rings. The van der Waals surface area contributed by atoms with Gasteiger partial charge in [0, 0.05) is 44.4 Å². The van der Waals surface area contributed by atoms with Crippen molar-refractivity contribution in [3.63, 3.8) is 0 Å². The SMILES string of the molecule is COc1ccc(NC(=O)c2cc([N+](=O)[O-])ccc2NC(=O)CN2CCN(C(=O)c3ccco3)CC2)c(OC)c1. The second-order valence-electron chi connectivity index (χ2n) is 8.60. The Bertz CT molecular complexity index is 1370. The minimum absolute atomic E-state index is 0.00708. The highest BCUT2D eigenvalue weighted by Gasteiger charge is 2.25. The van der Waals surface area contributed by atoms with Crippen LogP contribution < -0.4 is 20.1 Å². The Morgan fingerprint density at radius 1 is 0.974 bits per heavy atom. The number of methoxy groups -OCH3 is 2. The Balaban J connectivity index is 1.43. The summed E-state index contributed by atoms with van der Waals surface area (Å²) in [7, 11) is 2.92. The average Bonchev–Trinajstić information content (AvgIpc) is 3.48. The lowest BCUT2D eigenvalue weighted by Gasteiger charge is -2.33. The normalized spacial score (nSPS) is 13.4. The minimum atomic E-state index is -0.678. The van der Waals surface area contributed by atoms with Crippen LogP contribution in [0.2, 0.25) is 0 Å². The molecule has 2 aromatic carbocycles. The first-order valence-electron chi connectivity index (χ1n) is 12.0. The van der Waals surface area contributed by atoms with Crippen LogP contribution in [0, 0.1) is 10.1 Å². The van der Waals surface area contributed by atoms with E-state index in [1.54, 1.807) is 35.2 Å². The molecule has 13 nitrogen and oxygen atoms in total. The Hall–Kier alpha value is -4.91. The quantitative estimate of drug-likeness (QED) is 0.309. The summed E-state index contributed by atoms with van der Waals surface area (Å²) < 4.78 is 15.6. The fourth-order valence-corrected chi connectivity index (χ4v) is 4.09. The second-order valence-corrected chi connectivity index (χ2v) is 8.60. The number of nitrogens with zero attached hydrogens (tertiary/aromatic N) is 3. The van der Waals surface area contributed by atoms with Crippen LogP contribution in [0.15, 0.2) is 59.2 Å². The van der Waals surface area contributed by atoms with Crippen molar-refractivity contribution in [1.82, 2.24) is 9.80 Å². The van der Waals surface area contributed by atoms with E-state index in [2.05, 4.69) is 10.6 Å². The van der Waals surface area contributed by atoms with Crippen molar-refractivity contribution in [2.45, 2.75) is 0 Å². The lowest BCUT2D eigenvalue weighted by atomic mass is 10.1. The molecule has 13 heteroatoms. The predicted molar refractivity (Wildman–Crippen MR) is 140 cm³/mol. The molecule has 0 radical (unpaired) electrons. The molecule has 1 fully saturated rings. The van der Waals surface area contributed by atoms with Gasteiger partial charge < -0.3 is 29.4 Å². The van der Waals surface area contributed by atoms with Gasteiger partial charge in [-0.3, -0.25) is 29.4 Å². The standard InChI is InChI=1S/C26H27N5O8/c1-37-18-6-8-21(23(15-18)38-2)28-25(33)19-14-17(31(35)36)5-7-20(19)27-24(32)16-29-9-11-30(12-10-29)26(34)22-4-3-13-39-22/h3-8,13-15H,9-12,16H2,1-2H3,(H,27,32)(H,28,33). The molecule has 3 aromatic rings. The molecule has 1 aliphatic heterocycles. The van der Waals surface area contributed by atoms with Gasteiger partial charge in [-0.15, -0.1) is 0 Å². The highest BCUT2D eigenvalue weighted by Crippen LogP contribution is 2.31. The van der Waals surface area contributed by atoms with Crippen molar-refractivity contribution < 1.29 is 33.2 Å². The molecule has 0 atom stereocenters. The van der Waals surface area contributed by atoms with Crippen molar-refractivity contribution in [1.29, 1.82) is 0 Å². The third-order valence-corrected chi connectivity index (χ3v) is 6.15. The number of non-ortho nitro benzene ring substituents is 1. The molecule has 3 amide bonds. The van der Waals surface area contributed by atoms with Crippen LogP contribution in [0.5, 0.6) is 11.5 Å². The van der Waals surface area contributed by atoms with Gasteiger partial charge in [-0.05, 0) is 30.3 Å². The summed E-state index contributed by atoms with van der Waals surface area (Å²) in [4.78, 5) is 52.7. The van der Waals surface area contributed by atoms with Gasteiger partial charge in [0.25, 0.3) is 17.5 Å². The molecule has 204 valence electrons. The smallest absolute Gasteiger partial charge is 0.289 e. The number of ether oxygens (including phenoxy) is 2. The largest absolute Gasteiger partial charge is 0.497 e. The Kier molecular flexibility index (Phi) is 8.41. The number of amides is 3. The van der Waals surface area contributed by atoms with E-state index in [4.69, 9.17) is 13.9 Å². The monoisotopic (exact) mass is 537 g/mol. The molecule has 0 spiro atoms. The van der Waals surface area contributed by atoms with Gasteiger partial charge in [0.2, 0.25) is 5.91 Å². The van der Waals surface area contributed by atoms with Crippen molar-refractivity contribution in [2.75, 3.05) is 57.6 Å². The van der Waals surface area contributed by atoms with Crippen molar-refractivity contribution in [3.8, 4) is 11.5 Å². The van der Waals surface area contributed by atoms with Gasteiger partial charge in [0.05, 0.1) is 48.9 Å². The summed E-state index contributed by atoms with van der Waals surface area (Å²) in [6, 6.07) is 11.6. The molecular weight excluding hydrogens is 510 g/mol. The Morgan fingerprint density at radius 3 is 2.36 bits per heavy atom. The molecule has 39 heavy (non-hydrogen) atoms. The maximum absolute atomic E-state index is 13.2. The van der Waals surface area contributed by atoms with Crippen LogP contribution in [0.25, 0.3) is 0 Å². The minimum Gasteiger partial charge on any atom is -0.497 e. The number of piperazine rings is 1. The summed E-state index contributed by atoms with van der Waals surface area (Å²) in [5, 5.41) is 16.7. The lowest BCUT2D eigenvalue weighted by Crippen LogP contribution is -2.50. The van der Waals surface area contributed by atoms with Gasteiger partial charge in [-0.1, -0.05) is 0 Å². The van der Waals surface area contributed by atoms with E-state index in [0.29, 0.717) is 43.4 Å². The molecule has 0 aliphatic carbocycles. The van der Waals surface area contributed by atoms with Crippen LogP contribution in [-0.2, 0) is 4.79 Å².